The van der Waals surface area contributed by atoms with E-state index in [9.17, 15) is 19.8 Å². The molecule has 3 atom stereocenters. The average Bonchev–Trinajstić information content (AvgIpc) is 3.30. The Morgan fingerprint density at radius 2 is 0.800 bits per heavy atom. The Balaban J connectivity index is 4.58. The van der Waals surface area contributed by atoms with Crippen molar-refractivity contribution >= 4 is 11.9 Å². The Bertz CT molecular complexity index is 1070. The first-order chi connectivity index (χ1) is 32.0. The predicted octanol–water partition coefficient (Wildman–Crippen LogP) is 17.6. The minimum Gasteiger partial charge on any atom is -0.462 e. The maximum atomic E-state index is 13.2. The van der Waals surface area contributed by atoms with E-state index >= 15 is 0 Å². The third kappa shape index (κ3) is 48.3. The number of carbonyl (C=O) groups excluding carboxylic acids is 2. The van der Waals surface area contributed by atoms with Crippen molar-refractivity contribution in [1.82, 2.24) is 5.32 Å². The summed E-state index contributed by atoms with van der Waals surface area (Å²) in [5, 5.41) is 23.8. The number of hydrogen-bond donors (Lipinski definition) is 3. The van der Waals surface area contributed by atoms with Crippen molar-refractivity contribution in [2.45, 2.75) is 322 Å². The van der Waals surface area contributed by atoms with E-state index in [2.05, 4.69) is 62.5 Å². The SMILES string of the molecule is CCCCCCCCC/C=C/C=C/CCCC(CC(=O)NC(CO)C(O)CCCCCCCCCCCCCCCC)OC(=O)CCCCCCC/C=C/CCCCCCCCCCC. The Kier molecular flexibility index (Phi) is 51.5. The molecule has 0 radical (unpaired) electrons. The molecule has 3 N–H and O–H groups in total. The molecule has 0 heterocycles. The summed E-state index contributed by atoms with van der Waals surface area (Å²) in [6, 6.07) is -0.716. The zero-order valence-electron chi connectivity index (χ0n) is 43.6. The van der Waals surface area contributed by atoms with Gasteiger partial charge in [0.15, 0.2) is 0 Å². The summed E-state index contributed by atoms with van der Waals surface area (Å²) in [6.07, 6.45) is 63.6. The second-order valence-electron chi connectivity index (χ2n) is 19.7. The molecule has 0 saturated carbocycles. The molecule has 1 amide bonds. The second-order valence-corrected chi connectivity index (χ2v) is 19.7. The van der Waals surface area contributed by atoms with Crippen LogP contribution in [0.5, 0.6) is 0 Å². The van der Waals surface area contributed by atoms with Gasteiger partial charge in [-0.3, -0.25) is 9.59 Å². The number of allylic oxidation sites excluding steroid dienone is 6. The number of aliphatic hydroxyl groups is 2. The van der Waals surface area contributed by atoms with E-state index in [1.54, 1.807) is 0 Å². The van der Waals surface area contributed by atoms with Crippen LogP contribution < -0.4 is 5.32 Å². The lowest BCUT2D eigenvalue weighted by atomic mass is 10.0. The summed E-state index contributed by atoms with van der Waals surface area (Å²) < 4.78 is 5.93. The van der Waals surface area contributed by atoms with Gasteiger partial charge < -0.3 is 20.3 Å². The van der Waals surface area contributed by atoms with Crippen molar-refractivity contribution in [3.05, 3.63) is 36.5 Å². The molecule has 0 aromatic rings. The summed E-state index contributed by atoms with van der Waals surface area (Å²) in [7, 11) is 0. The first kappa shape index (κ1) is 63.1. The van der Waals surface area contributed by atoms with Gasteiger partial charge in [-0.2, -0.15) is 0 Å². The van der Waals surface area contributed by atoms with Crippen molar-refractivity contribution in [3.8, 4) is 0 Å². The van der Waals surface area contributed by atoms with Gasteiger partial charge in [-0.15, -0.1) is 0 Å². The molecule has 0 aromatic carbocycles. The van der Waals surface area contributed by atoms with Crippen molar-refractivity contribution < 1.29 is 24.5 Å². The van der Waals surface area contributed by atoms with E-state index in [-0.39, 0.29) is 24.9 Å². The Labute approximate surface area is 404 Å². The van der Waals surface area contributed by atoms with E-state index < -0.39 is 18.2 Å². The molecule has 0 aromatic heterocycles. The van der Waals surface area contributed by atoms with Crippen LogP contribution in [-0.4, -0.2) is 46.9 Å². The van der Waals surface area contributed by atoms with Gasteiger partial charge in [-0.1, -0.05) is 256 Å². The maximum absolute atomic E-state index is 13.2. The van der Waals surface area contributed by atoms with Gasteiger partial charge >= 0.3 is 5.97 Å². The molecule has 0 fully saturated rings. The van der Waals surface area contributed by atoms with Crippen LogP contribution in [0.4, 0.5) is 0 Å². The molecule has 0 spiro atoms. The number of ether oxygens (including phenoxy) is 1. The molecule has 0 aliphatic rings. The van der Waals surface area contributed by atoms with Crippen LogP contribution in [0.3, 0.4) is 0 Å². The highest BCUT2D eigenvalue weighted by Gasteiger charge is 2.24. The van der Waals surface area contributed by atoms with E-state index in [0.29, 0.717) is 19.3 Å². The fourth-order valence-electron chi connectivity index (χ4n) is 8.84. The summed E-state index contributed by atoms with van der Waals surface area (Å²) >= 11 is 0. The minimum atomic E-state index is -0.799. The molecule has 6 nitrogen and oxygen atoms in total. The average molecular weight is 915 g/mol. The van der Waals surface area contributed by atoms with Crippen LogP contribution >= 0.6 is 0 Å². The van der Waals surface area contributed by atoms with E-state index in [1.165, 1.54) is 193 Å². The number of nitrogens with one attached hydrogen (secondary N) is 1. The topological polar surface area (TPSA) is 95.9 Å². The van der Waals surface area contributed by atoms with E-state index in [4.69, 9.17) is 4.74 Å². The first-order valence-corrected chi connectivity index (χ1v) is 28.7. The van der Waals surface area contributed by atoms with Gasteiger partial charge in [0.05, 0.1) is 25.2 Å². The Morgan fingerprint density at radius 1 is 0.446 bits per heavy atom. The predicted molar refractivity (Wildman–Crippen MR) is 282 cm³/mol. The lowest BCUT2D eigenvalue weighted by Crippen LogP contribution is -2.46. The number of hydrogen-bond acceptors (Lipinski definition) is 5. The molecule has 0 aliphatic heterocycles. The molecular formula is C59H111NO5. The number of unbranched alkanes of at least 4 members (excludes halogenated alkanes) is 35. The third-order valence-corrected chi connectivity index (χ3v) is 13.2. The fraction of sp³-hybridized carbons (Fsp3) is 0.864. The monoisotopic (exact) mass is 914 g/mol. The second kappa shape index (κ2) is 53.0. The zero-order valence-corrected chi connectivity index (χ0v) is 43.6. The number of amides is 1. The summed E-state index contributed by atoms with van der Waals surface area (Å²) in [5.41, 5.74) is 0. The molecule has 3 unspecified atom stereocenters. The molecule has 6 heteroatoms. The van der Waals surface area contributed by atoms with Crippen LogP contribution in [0, 0.1) is 0 Å². The van der Waals surface area contributed by atoms with Gasteiger partial charge in [-0.05, 0) is 70.6 Å². The van der Waals surface area contributed by atoms with Crippen LogP contribution in [0.2, 0.25) is 0 Å². The van der Waals surface area contributed by atoms with E-state index in [0.717, 1.165) is 64.2 Å². The van der Waals surface area contributed by atoms with Crippen LogP contribution in [0.1, 0.15) is 303 Å². The molecule has 0 saturated heterocycles. The molecular weight excluding hydrogens is 803 g/mol. The standard InChI is InChI=1S/C59H111NO5/c1-4-7-10-13-16-19-22-25-28-29-30-31-34-37-40-43-46-49-52-59(64)65-55(50-47-44-41-38-35-32-26-23-20-17-14-11-8-5-2)53-58(63)60-56(54-61)57(62)51-48-45-42-39-36-33-27-24-21-18-15-12-9-6-3/h30-32,35,38,41,55-57,61-62H,4-29,33-34,36-37,39-40,42-54H2,1-3H3,(H,60,63)/b31-30+,35-32+,41-38+. The quantitative estimate of drug-likeness (QED) is 0.0244. The van der Waals surface area contributed by atoms with Crippen LogP contribution in [0.25, 0.3) is 0 Å². The van der Waals surface area contributed by atoms with Gasteiger partial charge in [0.25, 0.3) is 0 Å². The number of rotatable bonds is 52. The van der Waals surface area contributed by atoms with Crippen LogP contribution in [-0.2, 0) is 14.3 Å². The van der Waals surface area contributed by atoms with Gasteiger partial charge in [-0.25, -0.2) is 0 Å². The highest BCUT2D eigenvalue weighted by atomic mass is 16.5. The van der Waals surface area contributed by atoms with Crippen molar-refractivity contribution in [1.29, 1.82) is 0 Å². The molecule has 0 aliphatic carbocycles. The smallest absolute Gasteiger partial charge is 0.306 e. The van der Waals surface area contributed by atoms with Gasteiger partial charge in [0, 0.05) is 6.42 Å². The number of carbonyl (C=O) groups is 2. The largest absolute Gasteiger partial charge is 0.462 e. The molecule has 0 rings (SSSR count). The third-order valence-electron chi connectivity index (χ3n) is 13.2. The van der Waals surface area contributed by atoms with Gasteiger partial charge in [0.1, 0.15) is 6.10 Å². The summed E-state index contributed by atoms with van der Waals surface area (Å²) in [6.45, 7) is 6.49. The van der Waals surface area contributed by atoms with Crippen molar-refractivity contribution in [2.24, 2.45) is 0 Å². The maximum Gasteiger partial charge on any atom is 0.306 e. The van der Waals surface area contributed by atoms with Gasteiger partial charge in [0.2, 0.25) is 5.91 Å². The van der Waals surface area contributed by atoms with E-state index in [1.807, 2.05) is 0 Å². The molecule has 0 bridgehead atoms. The lowest BCUT2D eigenvalue weighted by molar-refractivity contribution is -0.151. The molecule has 65 heavy (non-hydrogen) atoms. The van der Waals surface area contributed by atoms with Crippen molar-refractivity contribution in [3.63, 3.8) is 0 Å². The normalized spacial score (nSPS) is 13.4. The van der Waals surface area contributed by atoms with Crippen molar-refractivity contribution in [2.75, 3.05) is 6.61 Å². The highest BCUT2D eigenvalue weighted by Crippen LogP contribution is 2.18. The zero-order chi connectivity index (χ0) is 47.4. The minimum absolute atomic E-state index is 0.0442. The Morgan fingerprint density at radius 3 is 1.22 bits per heavy atom. The number of aliphatic hydroxyl groups excluding tert-OH is 2. The fourth-order valence-corrected chi connectivity index (χ4v) is 8.84. The number of esters is 1. The Hall–Kier alpha value is -1.92. The highest BCUT2D eigenvalue weighted by molar-refractivity contribution is 5.77. The summed E-state index contributed by atoms with van der Waals surface area (Å²) in [4.78, 5) is 26.2. The van der Waals surface area contributed by atoms with Crippen LogP contribution in [0.15, 0.2) is 36.5 Å². The first-order valence-electron chi connectivity index (χ1n) is 28.7. The summed E-state index contributed by atoms with van der Waals surface area (Å²) in [5.74, 6) is -0.518. The lowest BCUT2D eigenvalue weighted by Gasteiger charge is -2.24. The molecule has 382 valence electrons.